The number of benzene rings is 1. The van der Waals surface area contributed by atoms with Gasteiger partial charge in [-0.15, -0.1) is 10.2 Å². The summed E-state index contributed by atoms with van der Waals surface area (Å²) in [6.07, 6.45) is 6.32. The first kappa shape index (κ1) is 14.7. The summed E-state index contributed by atoms with van der Waals surface area (Å²) >= 11 is 1.76. The number of hydrogen-bond donors (Lipinski definition) is 1. The van der Waals surface area contributed by atoms with Gasteiger partial charge in [0.15, 0.2) is 5.82 Å². The van der Waals surface area contributed by atoms with Crippen LogP contribution in [0.1, 0.15) is 24.1 Å². The van der Waals surface area contributed by atoms with Crippen molar-refractivity contribution in [1.82, 2.24) is 14.6 Å². The zero-order valence-electron chi connectivity index (χ0n) is 13.3. The highest BCUT2D eigenvalue weighted by Gasteiger charge is 2.17. The van der Waals surface area contributed by atoms with Crippen LogP contribution in [0.5, 0.6) is 5.75 Å². The molecule has 5 nitrogen and oxygen atoms in total. The Balaban J connectivity index is 1.60. The monoisotopic (exact) mass is 329 g/mol. The molecule has 4 rings (SSSR count). The van der Waals surface area contributed by atoms with Crippen LogP contribution in [0, 0.1) is 0 Å². The molecule has 0 radical (unpaired) electrons. The number of nitrogens with zero attached hydrogens (tertiary/aromatic N) is 3. The number of piperidine rings is 1. The molecule has 0 aliphatic carbocycles. The summed E-state index contributed by atoms with van der Waals surface area (Å²) in [6.45, 7) is 3.70. The van der Waals surface area contributed by atoms with Gasteiger partial charge < -0.3 is 9.64 Å². The van der Waals surface area contributed by atoms with E-state index in [4.69, 9.17) is 4.74 Å². The number of rotatable bonds is 4. The molecule has 1 aliphatic heterocycles. The molecular formula is C17H21N4OS+. The molecule has 0 atom stereocenters. The second-order valence-electron chi connectivity index (χ2n) is 6.09. The van der Waals surface area contributed by atoms with Crippen LogP contribution in [0.3, 0.4) is 0 Å². The number of methoxy groups -OCH3 is 1. The van der Waals surface area contributed by atoms with E-state index in [9.17, 15) is 0 Å². The molecule has 3 aromatic rings. The maximum Gasteiger partial charge on any atom is 0.216 e. The third-order valence-corrected chi connectivity index (χ3v) is 5.47. The van der Waals surface area contributed by atoms with E-state index in [1.54, 1.807) is 23.3 Å². The minimum Gasteiger partial charge on any atom is -0.497 e. The zero-order chi connectivity index (χ0) is 15.6. The van der Waals surface area contributed by atoms with Gasteiger partial charge in [0, 0.05) is 11.8 Å². The fourth-order valence-corrected chi connectivity index (χ4v) is 4.23. The first-order valence-electron chi connectivity index (χ1n) is 8.15. The van der Waals surface area contributed by atoms with Crippen LogP contribution in [0.2, 0.25) is 0 Å². The van der Waals surface area contributed by atoms with E-state index >= 15 is 0 Å². The van der Waals surface area contributed by atoms with Gasteiger partial charge in [-0.25, -0.2) is 0 Å². The van der Waals surface area contributed by atoms with Gasteiger partial charge >= 0.3 is 0 Å². The number of aromatic nitrogens is 3. The average Bonchev–Trinajstić information content (AvgIpc) is 3.16. The van der Waals surface area contributed by atoms with Gasteiger partial charge in [-0.2, -0.15) is 0 Å². The third-order valence-electron chi connectivity index (χ3n) is 4.49. The van der Waals surface area contributed by atoms with E-state index in [1.807, 2.05) is 24.3 Å². The zero-order valence-corrected chi connectivity index (χ0v) is 14.1. The van der Waals surface area contributed by atoms with E-state index in [-0.39, 0.29) is 0 Å². The van der Waals surface area contributed by atoms with Crippen LogP contribution in [-0.4, -0.2) is 34.8 Å². The summed E-state index contributed by atoms with van der Waals surface area (Å²) in [7, 11) is 1.68. The molecular weight excluding hydrogens is 308 g/mol. The fraction of sp³-hybridized carbons (Fsp3) is 0.412. The van der Waals surface area contributed by atoms with Crippen LogP contribution >= 0.6 is 11.3 Å². The summed E-state index contributed by atoms with van der Waals surface area (Å²) in [4.78, 5) is 4.06. The number of thiazole rings is 1. The van der Waals surface area contributed by atoms with Crippen molar-refractivity contribution in [2.24, 2.45) is 0 Å². The number of quaternary nitrogens is 1. The van der Waals surface area contributed by atoms with Crippen molar-refractivity contribution >= 4 is 16.3 Å². The van der Waals surface area contributed by atoms with E-state index in [1.165, 1.54) is 37.2 Å². The molecule has 120 valence electrons. The predicted molar refractivity (Wildman–Crippen MR) is 91.1 cm³/mol. The van der Waals surface area contributed by atoms with Crippen LogP contribution in [0.4, 0.5) is 0 Å². The fourth-order valence-electron chi connectivity index (χ4n) is 3.24. The van der Waals surface area contributed by atoms with Crippen LogP contribution in [-0.2, 0) is 6.54 Å². The molecule has 1 aliphatic rings. The Morgan fingerprint density at radius 2 is 1.91 bits per heavy atom. The average molecular weight is 329 g/mol. The number of ether oxygens (including phenoxy) is 1. The Morgan fingerprint density at radius 3 is 2.65 bits per heavy atom. The highest BCUT2D eigenvalue weighted by molar-refractivity contribution is 7.17. The molecule has 0 bridgehead atoms. The van der Waals surface area contributed by atoms with Gasteiger partial charge in [-0.1, -0.05) is 11.3 Å². The largest absolute Gasteiger partial charge is 0.497 e. The smallest absolute Gasteiger partial charge is 0.216 e. The van der Waals surface area contributed by atoms with E-state index in [0.717, 1.165) is 28.6 Å². The predicted octanol–water partition coefficient (Wildman–Crippen LogP) is 2.04. The minimum atomic E-state index is 0.856. The van der Waals surface area contributed by atoms with Crippen molar-refractivity contribution in [3.63, 3.8) is 0 Å². The van der Waals surface area contributed by atoms with E-state index in [0.29, 0.717) is 0 Å². The van der Waals surface area contributed by atoms with Crippen molar-refractivity contribution < 1.29 is 9.64 Å². The molecule has 0 amide bonds. The number of hydrogen-bond acceptors (Lipinski definition) is 4. The molecule has 1 aromatic carbocycles. The van der Waals surface area contributed by atoms with Crippen LogP contribution in [0.25, 0.3) is 16.3 Å². The van der Waals surface area contributed by atoms with Crippen molar-refractivity contribution in [2.45, 2.75) is 25.8 Å². The summed E-state index contributed by atoms with van der Waals surface area (Å²) < 4.78 is 7.34. The molecule has 1 saturated heterocycles. The molecule has 2 aromatic heterocycles. The number of fused-ring (bicyclic) bond motifs is 1. The van der Waals surface area contributed by atoms with E-state index < -0.39 is 0 Å². The van der Waals surface area contributed by atoms with Crippen LogP contribution < -0.4 is 9.64 Å². The van der Waals surface area contributed by atoms with Gasteiger partial charge in [0.1, 0.15) is 12.3 Å². The molecule has 6 heteroatoms. The number of likely N-dealkylation sites (tertiary alicyclic amines) is 1. The molecule has 0 unspecified atom stereocenters. The maximum absolute atomic E-state index is 5.22. The highest BCUT2D eigenvalue weighted by atomic mass is 32.1. The molecule has 1 N–H and O–H groups in total. The lowest BCUT2D eigenvalue weighted by Crippen LogP contribution is -3.11. The van der Waals surface area contributed by atoms with Gasteiger partial charge in [0.25, 0.3) is 0 Å². The quantitative estimate of drug-likeness (QED) is 0.796. The SMILES string of the molecule is COc1ccc(-c2nnc3sc(C[NH+]4CCCCC4)cn23)cc1. The lowest BCUT2D eigenvalue weighted by Gasteiger charge is -2.22. The topological polar surface area (TPSA) is 43.9 Å². The molecule has 1 fully saturated rings. The summed E-state index contributed by atoms with van der Waals surface area (Å²) in [5, 5.41) is 8.69. The Hall–Kier alpha value is -1.92. The summed E-state index contributed by atoms with van der Waals surface area (Å²) in [5.74, 6) is 1.76. The summed E-state index contributed by atoms with van der Waals surface area (Å²) in [6, 6.07) is 7.98. The molecule has 0 saturated carbocycles. The second kappa shape index (κ2) is 6.29. The first-order chi connectivity index (χ1) is 11.3. The van der Waals surface area contributed by atoms with Crippen LogP contribution in [0.15, 0.2) is 30.5 Å². The maximum atomic E-state index is 5.22. The van der Waals surface area contributed by atoms with E-state index in [2.05, 4.69) is 20.8 Å². The Kier molecular flexibility index (Phi) is 4.01. The standard InChI is InChI=1S/C17H20N4OS/c1-22-14-7-5-13(6-8-14)16-18-19-17-21(16)12-15(23-17)11-20-9-3-2-4-10-20/h5-8,12H,2-4,9-11H2,1H3/p+1. The van der Waals surface area contributed by atoms with Gasteiger partial charge in [-0.05, 0) is 43.5 Å². The lowest BCUT2D eigenvalue weighted by molar-refractivity contribution is -0.918. The number of nitrogens with one attached hydrogen (secondary N) is 1. The van der Waals surface area contributed by atoms with Crippen molar-refractivity contribution in [3.8, 4) is 17.1 Å². The molecule has 23 heavy (non-hydrogen) atoms. The Labute approximate surface area is 139 Å². The van der Waals surface area contributed by atoms with Gasteiger partial charge in [0.2, 0.25) is 4.96 Å². The Morgan fingerprint density at radius 1 is 1.13 bits per heavy atom. The lowest BCUT2D eigenvalue weighted by atomic mass is 10.1. The first-order valence-corrected chi connectivity index (χ1v) is 8.96. The summed E-state index contributed by atoms with van der Waals surface area (Å²) in [5.41, 5.74) is 1.06. The van der Waals surface area contributed by atoms with Crippen molar-refractivity contribution in [1.29, 1.82) is 0 Å². The highest BCUT2D eigenvalue weighted by Crippen LogP contribution is 2.25. The normalized spacial score (nSPS) is 16.0. The molecule has 3 heterocycles. The van der Waals surface area contributed by atoms with Crippen molar-refractivity contribution in [2.75, 3.05) is 20.2 Å². The third kappa shape index (κ3) is 2.96. The minimum absolute atomic E-state index is 0.856. The second-order valence-corrected chi connectivity index (χ2v) is 7.18. The Bertz CT molecular complexity index is 787. The van der Waals surface area contributed by atoms with Gasteiger partial charge in [-0.3, -0.25) is 4.40 Å². The molecule has 0 spiro atoms. The van der Waals surface area contributed by atoms with Gasteiger partial charge in [0.05, 0.1) is 25.1 Å². The van der Waals surface area contributed by atoms with Crippen molar-refractivity contribution in [3.05, 3.63) is 35.3 Å².